The van der Waals surface area contributed by atoms with E-state index in [2.05, 4.69) is 26.6 Å². The highest BCUT2D eigenvalue weighted by molar-refractivity contribution is 6.00. The van der Waals surface area contributed by atoms with Crippen LogP contribution in [0.15, 0.2) is 24.3 Å². The van der Waals surface area contributed by atoms with Gasteiger partial charge in [0.15, 0.2) is 0 Å². The van der Waals surface area contributed by atoms with Gasteiger partial charge in [0.2, 0.25) is 29.5 Å². The maximum absolute atomic E-state index is 13.2. The number of nitro benzene ring substituents is 1. The van der Waals surface area contributed by atoms with Gasteiger partial charge in [-0.2, -0.15) is 0 Å². The quantitative estimate of drug-likeness (QED) is 0.0729. The van der Waals surface area contributed by atoms with Gasteiger partial charge >= 0.3 is 11.9 Å². The van der Waals surface area contributed by atoms with Gasteiger partial charge in [-0.05, 0) is 37.8 Å². The molecule has 1 rings (SSSR count). The molecule has 5 unspecified atom stereocenters. The Labute approximate surface area is 257 Å². The Morgan fingerprint density at radius 2 is 1.33 bits per heavy atom. The number of hydrogen-bond acceptors (Lipinski definition) is 10. The Bertz CT molecular complexity index is 1270. The molecule has 0 spiro atoms. The van der Waals surface area contributed by atoms with Crippen molar-refractivity contribution in [3.05, 3.63) is 34.4 Å². The van der Waals surface area contributed by atoms with Crippen molar-refractivity contribution in [3.8, 4) is 0 Å². The number of nitro groups is 1. The molecule has 0 radical (unpaired) electrons. The molecule has 0 saturated carbocycles. The zero-order chi connectivity index (χ0) is 34.4. The molecule has 45 heavy (non-hydrogen) atoms. The lowest BCUT2D eigenvalue weighted by Crippen LogP contribution is -2.60. The molecule has 1 aromatic rings. The van der Waals surface area contributed by atoms with Crippen LogP contribution in [-0.2, 0) is 33.6 Å². The lowest BCUT2D eigenvalue weighted by Gasteiger charge is -2.27. The van der Waals surface area contributed by atoms with Gasteiger partial charge in [0.25, 0.3) is 5.69 Å². The number of amides is 5. The number of hydrogen-bond donors (Lipinski definition) is 8. The number of nitrogens with zero attached hydrogens (tertiary/aromatic N) is 1. The van der Waals surface area contributed by atoms with Crippen molar-refractivity contribution < 1.29 is 53.8 Å². The predicted octanol–water partition coefficient (Wildman–Crippen LogP) is -0.741. The van der Waals surface area contributed by atoms with Crippen LogP contribution in [0.4, 0.5) is 11.4 Å². The zero-order valence-corrected chi connectivity index (χ0v) is 25.1. The number of carbonyl (C=O) groups excluding carboxylic acids is 5. The maximum Gasteiger partial charge on any atom is 0.305 e. The zero-order valence-electron chi connectivity index (χ0n) is 25.1. The second-order valence-corrected chi connectivity index (χ2v) is 10.6. The topological polar surface area (TPSA) is 283 Å². The van der Waals surface area contributed by atoms with Crippen LogP contribution in [0.3, 0.4) is 0 Å². The first kappa shape index (κ1) is 37.9. The van der Waals surface area contributed by atoms with E-state index < -0.39 is 95.9 Å². The van der Waals surface area contributed by atoms with E-state index in [1.54, 1.807) is 13.8 Å². The highest BCUT2D eigenvalue weighted by atomic mass is 16.6. The summed E-state index contributed by atoms with van der Waals surface area (Å²) in [7, 11) is 0. The van der Waals surface area contributed by atoms with E-state index in [0.717, 1.165) is 19.1 Å². The Morgan fingerprint density at radius 3 is 1.80 bits per heavy atom. The van der Waals surface area contributed by atoms with Gasteiger partial charge < -0.3 is 41.9 Å². The van der Waals surface area contributed by atoms with Crippen molar-refractivity contribution in [1.29, 1.82) is 0 Å². The summed E-state index contributed by atoms with van der Waals surface area (Å²) in [5.74, 6) is -7.49. The van der Waals surface area contributed by atoms with Crippen molar-refractivity contribution in [2.75, 3.05) is 5.32 Å². The van der Waals surface area contributed by atoms with Gasteiger partial charge in [0.1, 0.15) is 24.2 Å². The molecule has 0 heterocycles. The lowest BCUT2D eigenvalue weighted by atomic mass is 10.0. The largest absolute Gasteiger partial charge is 0.481 e. The monoisotopic (exact) mass is 638 g/mol. The van der Waals surface area contributed by atoms with Crippen LogP contribution in [-0.4, -0.2) is 92.0 Å². The van der Waals surface area contributed by atoms with E-state index in [0.29, 0.717) is 0 Å². The number of carboxylic acids is 2. The molecular weight excluding hydrogens is 600 g/mol. The van der Waals surface area contributed by atoms with E-state index in [-0.39, 0.29) is 23.7 Å². The van der Waals surface area contributed by atoms with Gasteiger partial charge in [0.05, 0.1) is 17.4 Å². The highest BCUT2D eigenvalue weighted by Crippen LogP contribution is 2.16. The average Bonchev–Trinajstić information content (AvgIpc) is 2.92. The predicted molar refractivity (Wildman–Crippen MR) is 155 cm³/mol. The highest BCUT2D eigenvalue weighted by Gasteiger charge is 2.34. The van der Waals surface area contributed by atoms with Crippen LogP contribution < -0.4 is 26.6 Å². The molecule has 1 aromatic carbocycles. The van der Waals surface area contributed by atoms with Gasteiger partial charge in [-0.15, -0.1) is 0 Å². The van der Waals surface area contributed by atoms with E-state index in [1.807, 2.05) is 0 Å². The third-order valence-corrected chi connectivity index (χ3v) is 6.10. The minimum absolute atomic E-state index is 0.0441. The number of benzene rings is 1. The first-order chi connectivity index (χ1) is 20.9. The summed E-state index contributed by atoms with van der Waals surface area (Å²) >= 11 is 0. The van der Waals surface area contributed by atoms with Gasteiger partial charge in [-0.1, -0.05) is 13.8 Å². The lowest BCUT2D eigenvalue weighted by molar-refractivity contribution is -0.384. The Kier molecular flexibility index (Phi) is 15.0. The fraction of sp³-hybridized carbons (Fsp3) is 0.519. The molecule has 0 bridgehead atoms. The summed E-state index contributed by atoms with van der Waals surface area (Å²) in [4.78, 5) is 96.4. The van der Waals surface area contributed by atoms with E-state index in [1.165, 1.54) is 19.1 Å². The molecule has 0 saturated heterocycles. The summed E-state index contributed by atoms with van der Waals surface area (Å²) in [6, 6.07) is -1.61. The van der Waals surface area contributed by atoms with Crippen molar-refractivity contribution in [3.63, 3.8) is 0 Å². The van der Waals surface area contributed by atoms with E-state index in [4.69, 9.17) is 5.11 Å². The summed E-state index contributed by atoms with van der Waals surface area (Å²) in [5, 5.41) is 51.0. The van der Waals surface area contributed by atoms with Gasteiger partial charge in [-0.25, -0.2) is 0 Å². The fourth-order valence-corrected chi connectivity index (χ4v) is 3.96. The standard InChI is InChI=1S/C27H38N6O12/c1-13(2)11-19(28-15(4)35)26(42)30-18(9-10-21(36)37)24(40)32-23(14(3)34)27(43)31-20(12-22(38)39)25(41)29-16-5-7-17(8-6-16)33(44)45/h5-8,13-14,18-20,23,34H,9-12H2,1-4H3,(H,28,35)(H,29,41)(H,30,42)(H,31,43)(H,32,40)(H,36,37)(H,38,39). The van der Waals surface area contributed by atoms with Crippen LogP contribution in [0, 0.1) is 16.0 Å². The normalized spacial score (nSPS) is 14.1. The molecule has 5 amide bonds. The maximum atomic E-state index is 13.2. The molecule has 0 aromatic heterocycles. The first-order valence-corrected chi connectivity index (χ1v) is 13.8. The van der Waals surface area contributed by atoms with E-state index >= 15 is 0 Å². The number of aliphatic hydroxyl groups is 1. The van der Waals surface area contributed by atoms with Crippen LogP contribution in [0.5, 0.6) is 0 Å². The van der Waals surface area contributed by atoms with Crippen LogP contribution in [0.2, 0.25) is 0 Å². The summed E-state index contributed by atoms with van der Waals surface area (Å²) in [6.45, 7) is 5.86. The SMILES string of the molecule is CC(=O)NC(CC(C)C)C(=O)NC(CCC(=O)O)C(=O)NC(C(=O)NC(CC(=O)O)C(=O)Nc1ccc([N+](=O)[O-])cc1)C(C)O. The molecule has 0 fully saturated rings. The number of aliphatic carboxylic acids is 2. The minimum Gasteiger partial charge on any atom is -0.481 e. The second-order valence-electron chi connectivity index (χ2n) is 10.6. The second kappa shape index (κ2) is 17.9. The molecule has 8 N–H and O–H groups in total. The Balaban J connectivity index is 3.15. The number of rotatable bonds is 18. The van der Waals surface area contributed by atoms with Crippen molar-refractivity contribution >= 4 is 52.8 Å². The van der Waals surface area contributed by atoms with Crippen LogP contribution >= 0.6 is 0 Å². The van der Waals surface area contributed by atoms with Crippen molar-refractivity contribution in [2.45, 2.75) is 83.6 Å². The van der Waals surface area contributed by atoms with Crippen LogP contribution in [0.1, 0.15) is 53.4 Å². The summed E-state index contributed by atoms with van der Waals surface area (Å²) in [6.07, 6.45) is -3.38. The smallest absolute Gasteiger partial charge is 0.305 e. The molecule has 5 atom stereocenters. The molecule has 18 nitrogen and oxygen atoms in total. The number of aliphatic hydroxyl groups excluding tert-OH is 1. The molecule has 0 aliphatic heterocycles. The summed E-state index contributed by atoms with van der Waals surface area (Å²) in [5.41, 5.74) is -0.232. The van der Waals surface area contributed by atoms with Crippen molar-refractivity contribution in [2.24, 2.45) is 5.92 Å². The van der Waals surface area contributed by atoms with Crippen LogP contribution in [0.25, 0.3) is 0 Å². The van der Waals surface area contributed by atoms with E-state index in [9.17, 15) is 53.9 Å². The fourth-order valence-electron chi connectivity index (χ4n) is 3.96. The molecule has 18 heteroatoms. The minimum atomic E-state index is -1.80. The summed E-state index contributed by atoms with van der Waals surface area (Å²) < 4.78 is 0. The molecular formula is C27H38N6O12. The Morgan fingerprint density at radius 1 is 0.778 bits per heavy atom. The number of non-ortho nitro benzene ring substituents is 1. The Hall–Kier alpha value is -5.13. The van der Waals surface area contributed by atoms with Gasteiger partial charge in [-0.3, -0.25) is 43.7 Å². The third-order valence-electron chi connectivity index (χ3n) is 6.10. The molecule has 248 valence electrons. The average molecular weight is 639 g/mol. The van der Waals surface area contributed by atoms with Crippen molar-refractivity contribution in [1.82, 2.24) is 21.3 Å². The number of carbonyl (C=O) groups is 7. The number of nitrogens with one attached hydrogen (secondary N) is 5. The number of anilines is 1. The molecule has 0 aliphatic rings. The molecule has 0 aliphatic carbocycles. The number of carboxylic acid groups (broad SMARTS) is 2. The van der Waals surface area contributed by atoms with Gasteiger partial charge in [0, 0.05) is 31.2 Å². The first-order valence-electron chi connectivity index (χ1n) is 13.8. The third kappa shape index (κ3) is 13.8.